The number of cyclic esters (lactones) is 1. The molecule has 0 spiro atoms. The average Bonchev–Trinajstić information content (AvgIpc) is 2.05. The van der Waals surface area contributed by atoms with Gasteiger partial charge in [-0.15, -0.1) is 0 Å². The van der Waals surface area contributed by atoms with Crippen molar-refractivity contribution in [1.82, 2.24) is 4.90 Å². The van der Waals surface area contributed by atoms with Crippen molar-refractivity contribution in [2.24, 2.45) is 0 Å². The third-order valence-electron chi connectivity index (χ3n) is 1.37. The van der Waals surface area contributed by atoms with Gasteiger partial charge in [0.25, 0.3) is 0 Å². The fourth-order valence-electron chi connectivity index (χ4n) is 0.941. The minimum absolute atomic E-state index is 0.306. The standard InChI is InChI=1S/C7H11NO2/c1-4-8-5-7(2,3)10-6(8)9/h4H,1,5H2,2-3H3. The fourth-order valence-corrected chi connectivity index (χ4v) is 0.941. The Morgan fingerprint density at radius 3 is 2.60 bits per heavy atom. The molecule has 0 saturated carbocycles. The van der Waals surface area contributed by atoms with Crippen LogP contribution in [-0.2, 0) is 4.74 Å². The van der Waals surface area contributed by atoms with Crippen LogP contribution < -0.4 is 0 Å². The van der Waals surface area contributed by atoms with Crippen molar-refractivity contribution in [2.45, 2.75) is 19.4 Å². The molecule has 1 saturated heterocycles. The van der Waals surface area contributed by atoms with E-state index in [1.54, 1.807) is 0 Å². The van der Waals surface area contributed by atoms with Crippen LogP contribution in [0.2, 0.25) is 0 Å². The van der Waals surface area contributed by atoms with Crippen LogP contribution in [0.25, 0.3) is 0 Å². The third kappa shape index (κ3) is 1.12. The molecule has 3 heteroatoms. The highest BCUT2D eigenvalue weighted by Crippen LogP contribution is 2.20. The van der Waals surface area contributed by atoms with Crippen LogP contribution in [0.1, 0.15) is 13.8 Å². The first kappa shape index (κ1) is 7.12. The van der Waals surface area contributed by atoms with Crippen molar-refractivity contribution in [3.63, 3.8) is 0 Å². The van der Waals surface area contributed by atoms with E-state index in [4.69, 9.17) is 4.74 Å². The summed E-state index contributed by atoms with van der Waals surface area (Å²) in [4.78, 5) is 12.3. The number of amides is 1. The van der Waals surface area contributed by atoms with Gasteiger partial charge in [-0.25, -0.2) is 4.79 Å². The molecule has 10 heavy (non-hydrogen) atoms. The quantitative estimate of drug-likeness (QED) is 0.551. The minimum Gasteiger partial charge on any atom is -0.441 e. The summed E-state index contributed by atoms with van der Waals surface area (Å²) >= 11 is 0. The van der Waals surface area contributed by atoms with Crippen LogP contribution in [-0.4, -0.2) is 23.1 Å². The molecule has 1 fully saturated rings. The first-order valence-corrected chi connectivity index (χ1v) is 3.17. The molecule has 0 unspecified atom stereocenters. The summed E-state index contributed by atoms with van der Waals surface area (Å²) in [6.07, 6.45) is 1.18. The Morgan fingerprint density at radius 1 is 1.80 bits per heavy atom. The van der Waals surface area contributed by atoms with E-state index in [2.05, 4.69) is 6.58 Å². The van der Waals surface area contributed by atoms with E-state index in [9.17, 15) is 4.79 Å². The Bertz CT molecular complexity index is 174. The lowest BCUT2D eigenvalue weighted by molar-refractivity contribution is 0.0863. The van der Waals surface area contributed by atoms with E-state index in [1.165, 1.54) is 11.1 Å². The van der Waals surface area contributed by atoms with Crippen LogP contribution in [0.15, 0.2) is 12.8 Å². The van der Waals surface area contributed by atoms with Crippen LogP contribution >= 0.6 is 0 Å². The maximum absolute atomic E-state index is 10.9. The lowest BCUT2D eigenvalue weighted by atomic mass is 10.1. The van der Waals surface area contributed by atoms with Crippen molar-refractivity contribution in [3.05, 3.63) is 12.8 Å². The molecule has 0 N–H and O–H groups in total. The maximum Gasteiger partial charge on any atom is 0.414 e. The van der Waals surface area contributed by atoms with Crippen molar-refractivity contribution in [2.75, 3.05) is 6.54 Å². The zero-order valence-corrected chi connectivity index (χ0v) is 6.26. The topological polar surface area (TPSA) is 29.5 Å². The molecular weight excluding hydrogens is 130 g/mol. The molecule has 1 amide bonds. The minimum atomic E-state index is -0.356. The van der Waals surface area contributed by atoms with Gasteiger partial charge >= 0.3 is 6.09 Å². The van der Waals surface area contributed by atoms with E-state index in [-0.39, 0.29) is 11.7 Å². The molecular formula is C7H11NO2. The Morgan fingerprint density at radius 2 is 2.40 bits per heavy atom. The number of carbonyl (C=O) groups is 1. The summed E-state index contributed by atoms with van der Waals surface area (Å²) in [7, 11) is 0. The molecule has 1 aliphatic heterocycles. The highest BCUT2D eigenvalue weighted by Gasteiger charge is 2.35. The fraction of sp³-hybridized carbons (Fsp3) is 0.571. The first-order chi connectivity index (χ1) is 4.55. The second kappa shape index (κ2) is 2.01. The zero-order chi connectivity index (χ0) is 7.78. The molecule has 3 nitrogen and oxygen atoms in total. The van der Waals surface area contributed by atoms with E-state index >= 15 is 0 Å². The summed E-state index contributed by atoms with van der Waals surface area (Å²) in [5, 5.41) is 0. The molecule has 1 rings (SSSR count). The summed E-state index contributed by atoms with van der Waals surface area (Å²) in [5.74, 6) is 0. The normalized spacial score (nSPS) is 22.6. The summed E-state index contributed by atoms with van der Waals surface area (Å²) in [5.41, 5.74) is -0.356. The highest BCUT2D eigenvalue weighted by atomic mass is 16.6. The van der Waals surface area contributed by atoms with Gasteiger partial charge in [0.2, 0.25) is 0 Å². The Kier molecular flexibility index (Phi) is 1.43. The summed E-state index contributed by atoms with van der Waals surface area (Å²) in [6, 6.07) is 0. The van der Waals surface area contributed by atoms with Gasteiger partial charge in [0, 0.05) is 6.20 Å². The van der Waals surface area contributed by atoms with Crippen LogP contribution in [0.5, 0.6) is 0 Å². The molecule has 56 valence electrons. The van der Waals surface area contributed by atoms with Gasteiger partial charge in [0.05, 0.1) is 6.54 Å². The smallest absolute Gasteiger partial charge is 0.414 e. The number of rotatable bonds is 1. The molecule has 1 aliphatic rings. The molecule has 1 heterocycles. The molecule has 0 bridgehead atoms. The van der Waals surface area contributed by atoms with Gasteiger partial charge in [-0.05, 0) is 13.8 Å². The van der Waals surface area contributed by atoms with Crippen molar-refractivity contribution in [3.8, 4) is 0 Å². The third-order valence-corrected chi connectivity index (χ3v) is 1.37. The van der Waals surface area contributed by atoms with Crippen LogP contribution in [0, 0.1) is 0 Å². The largest absolute Gasteiger partial charge is 0.441 e. The van der Waals surface area contributed by atoms with E-state index in [1.807, 2.05) is 13.8 Å². The number of nitrogens with zero attached hydrogens (tertiary/aromatic N) is 1. The monoisotopic (exact) mass is 141 g/mol. The lowest BCUT2D eigenvalue weighted by Gasteiger charge is -2.12. The predicted octanol–water partition coefficient (Wildman–Crippen LogP) is 1.36. The van der Waals surface area contributed by atoms with Crippen LogP contribution in [0.4, 0.5) is 4.79 Å². The lowest BCUT2D eigenvalue weighted by Crippen LogP contribution is -2.24. The van der Waals surface area contributed by atoms with E-state index < -0.39 is 0 Å². The molecule has 0 radical (unpaired) electrons. The molecule has 0 aromatic carbocycles. The second-order valence-corrected chi connectivity index (χ2v) is 2.94. The molecule has 0 aliphatic carbocycles. The number of hydrogen-bond donors (Lipinski definition) is 0. The van der Waals surface area contributed by atoms with Crippen molar-refractivity contribution in [1.29, 1.82) is 0 Å². The summed E-state index contributed by atoms with van der Waals surface area (Å²) < 4.78 is 4.97. The molecule has 0 aromatic rings. The average molecular weight is 141 g/mol. The summed E-state index contributed by atoms with van der Waals surface area (Å²) in [6.45, 7) is 7.82. The molecule has 0 atom stereocenters. The van der Waals surface area contributed by atoms with Crippen molar-refractivity contribution >= 4 is 6.09 Å². The van der Waals surface area contributed by atoms with E-state index in [0.29, 0.717) is 6.54 Å². The zero-order valence-electron chi connectivity index (χ0n) is 6.26. The second-order valence-electron chi connectivity index (χ2n) is 2.94. The number of hydrogen-bond acceptors (Lipinski definition) is 2. The van der Waals surface area contributed by atoms with Gasteiger partial charge in [0.15, 0.2) is 0 Å². The van der Waals surface area contributed by atoms with Gasteiger partial charge in [-0.1, -0.05) is 6.58 Å². The highest BCUT2D eigenvalue weighted by molar-refractivity contribution is 5.71. The predicted molar refractivity (Wildman–Crippen MR) is 37.5 cm³/mol. The van der Waals surface area contributed by atoms with Crippen molar-refractivity contribution < 1.29 is 9.53 Å². The SMILES string of the molecule is C=CN1CC(C)(C)OC1=O. The van der Waals surface area contributed by atoms with Gasteiger partial charge in [-0.2, -0.15) is 0 Å². The van der Waals surface area contributed by atoms with Gasteiger partial charge < -0.3 is 4.74 Å². The Labute approximate surface area is 60.3 Å². The van der Waals surface area contributed by atoms with E-state index in [0.717, 1.165) is 0 Å². The van der Waals surface area contributed by atoms with Gasteiger partial charge in [0.1, 0.15) is 5.60 Å². The molecule has 0 aromatic heterocycles. The Balaban J connectivity index is 2.70. The number of carbonyl (C=O) groups excluding carboxylic acids is 1. The van der Waals surface area contributed by atoms with Gasteiger partial charge in [-0.3, -0.25) is 4.90 Å². The Hall–Kier alpha value is -0.990. The van der Waals surface area contributed by atoms with Crippen LogP contribution in [0.3, 0.4) is 0 Å². The first-order valence-electron chi connectivity index (χ1n) is 3.17. The number of ether oxygens (including phenoxy) is 1. The maximum atomic E-state index is 10.9.